The van der Waals surface area contributed by atoms with Crippen LogP contribution in [0.15, 0.2) is 142 Å². The number of sulfonamides is 1. The van der Waals surface area contributed by atoms with E-state index in [1.165, 1.54) is 36.4 Å². The number of rotatable bonds is 27. The maximum Gasteiger partial charge on any atom is 0.294 e. The quantitative estimate of drug-likeness (QED) is 0.0123. The van der Waals surface area contributed by atoms with Gasteiger partial charge in [-0.15, -0.1) is 0 Å². The van der Waals surface area contributed by atoms with Crippen LogP contribution in [0.1, 0.15) is 122 Å². The molecule has 84 heavy (non-hydrogen) atoms. The Kier molecular flexibility index (Phi) is 20.4. The summed E-state index contributed by atoms with van der Waals surface area (Å²) in [7, 11) is -12.5. The Bertz CT molecular complexity index is 3720. The van der Waals surface area contributed by atoms with Crippen LogP contribution in [-0.4, -0.2) is 105 Å². The predicted octanol–water partition coefficient (Wildman–Crippen LogP) is 10.2. The highest BCUT2D eigenvalue weighted by molar-refractivity contribution is 7.89. The molecule has 2 aliphatic heterocycles. The number of carbonyl (C=O) groups is 1. The molecular formula is C62H77N10O9S3+. The van der Waals surface area contributed by atoms with Crippen molar-refractivity contribution < 1.29 is 43.7 Å². The second-order valence-electron chi connectivity index (χ2n) is 22.7. The summed E-state index contributed by atoms with van der Waals surface area (Å²) in [6.07, 6.45) is 20.4. The van der Waals surface area contributed by atoms with Crippen LogP contribution >= 0.6 is 0 Å². The number of aromatic nitrogens is 3. The highest BCUT2D eigenvalue weighted by Gasteiger charge is 2.45. The number of hydrogen-bond donors (Lipinski definition) is 6. The normalized spacial score (nSPS) is 18.1. The zero-order chi connectivity index (χ0) is 60.3. The molecule has 1 aliphatic carbocycles. The fraction of sp³-hybridized carbons (Fsp3) is 0.419. The van der Waals surface area contributed by atoms with Crippen LogP contribution in [0.2, 0.25) is 0 Å². The highest BCUT2D eigenvalue weighted by atomic mass is 32.2. The van der Waals surface area contributed by atoms with Crippen LogP contribution in [0.3, 0.4) is 0 Å². The van der Waals surface area contributed by atoms with Crippen molar-refractivity contribution in [3.05, 3.63) is 144 Å². The summed E-state index contributed by atoms with van der Waals surface area (Å²) in [4.78, 5) is 28.9. The number of allylic oxidation sites excluding steroid dienone is 6. The Balaban J connectivity index is 0.779. The third-order valence-corrected chi connectivity index (χ3v) is 19.3. The van der Waals surface area contributed by atoms with Crippen molar-refractivity contribution in [3.63, 3.8) is 0 Å². The van der Waals surface area contributed by atoms with Crippen molar-refractivity contribution in [2.24, 2.45) is 11.8 Å². The average molecular weight is 1200 g/mol. The molecule has 3 aromatic carbocycles. The van der Waals surface area contributed by atoms with Crippen molar-refractivity contribution in [2.75, 3.05) is 54.8 Å². The summed E-state index contributed by atoms with van der Waals surface area (Å²) in [6, 6.07) is 25.0. The number of carbonyl (C=O) groups excluding carboxylic acids is 1. The summed E-state index contributed by atoms with van der Waals surface area (Å²) >= 11 is 0. The molecule has 3 aliphatic rings. The minimum absolute atomic E-state index is 0.00396. The molecule has 0 saturated heterocycles. The molecule has 0 spiro atoms. The van der Waals surface area contributed by atoms with Gasteiger partial charge in [-0.05, 0) is 163 Å². The van der Waals surface area contributed by atoms with Gasteiger partial charge >= 0.3 is 0 Å². The van der Waals surface area contributed by atoms with Gasteiger partial charge in [0, 0.05) is 92.3 Å². The molecule has 0 radical (unpaired) electrons. The third-order valence-electron chi connectivity index (χ3n) is 16.1. The minimum Gasteiger partial charge on any atom is -0.370 e. The van der Waals surface area contributed by atoms with E-state index in [0.29, 0.717) is 81.1 Å². The molecule has 0 atom stereocenters. The van der Waals surface area contributed by atoms with Gasteiger partial charge in [-0.3, -0.25) is 18.9 Å². The molecule has 1 amide bonds. The molecule has 8 rings (SSSR count). The first-order valence-corrected chi connectivity index (χ1v) is 33.1. The number of nitrogens with one attached hydrogen (secondary N) is 4. The van der Waals surface area contributed by atoms with E-state index >= 15 is 0 Å². The summed E-state index contributed by atoms with van der Waals surface area (Å²) in [5.41, 5.74) is 5.75. The fourth-order valence-electron chi connectivity index (χ4n) is 11.4. The van der Waals surface area contributed by atoms with E-state index in [1.807, 2.05) is 95.3 Å². The highest BCUT2D eigenvalue weighted by Crippen LogP contribution is 2.48. The van der Waals surface area contributed by atoms with E-state index < -0.39 is 41.1 Å². The van der Waals surface area contributed by atoms with E-state index in [-0.39, 0.29) is 26.5 Å². The molecule has 1 fully saturated rings. The van der Waals surface area contributed by atoms with Crippen molar-refractivity contribution >= 4 is 65.0 Å². The number of anilines is 3. The van der Waals surface area contributed by atoms with Gasteiger partial charge < -0.3 is 20.9 Å². The smallest absolute Gasteiger partial charge is 0.294 e. The minimum atomic E-state index is -4.44. The number of nitriles is 1. The summed E-state index contributed by atoms with van der Waals surface area (Å²) in [5, 5.41) is 19.2. The third kappa shape index (κ3) is 15.6. The van der Waals surface area contributed by atoms with Gasteiger partial charge in [-0.25, -0.2) is 18.1 Å². The Morgan fingerprint density at radius 3 is 2.13 bits per heavy atom. The lowest BCUT2D eigenvalue weighted by Crippen LogP contribution is -2.32. The SMILES string of the molecule is CCN1/C(=C/C=C/C=C/C2=[N+](CCCCCC(=O)NCCCCCNc3cc(-c4ccccn4)nc(NCC4CCC(CNS(=O)(=O)c5cccc(C#N)c5)CC4)n3)c3ccc(S(=O)(=O)O)cc3C2(C)C)C(C)(C)c2cc(S(=O)(=O)O)ccc21. The summed E-state index contributed by atoms with van der Waals surface area (Å²) < 4.78 is 98.8. The van der Waals surface area contributed by atoms with Crippen LogP contribution in [0.5, 0.6) is 0 Å². The van der Waals surface area contributed by atoms with Crippen LogP contribution in [-0.2, 0) is 45.9 Å². The second-order valence-corrected chi connectivity index (χ2v) is 27.3. The number of unbranched alkanes of at least 4 members (excludes halogenated alkanes) is 4. The van der Waals surface area contributed by atoms with Crippen molar-refractivity contribution in [2.45, 2.75) is 131 Å². The lowest BCUT2D eigenvalue weighted by Gasteiger charge is -2.28. The molecule has 5 aromatic rings. The topological polar surface area (TPSA) is 277 Å². The Labute approximate surface area is 495 Å². The zero-order valence-corrected chi connectivity index (χ0v) is 50.8. The lowest BCUT2D eigenvalue weighted by molar-refractivity contribution is -0.438. The molecule has 6 N–H and O–H groups in total. The van der Waals surface area contributed by atoms with Crippen molar-refractivity contribution in [1.29, 1.82) is 5.26 Å². The maximum atomic E-state index is 12.9. The van der Waals surface area contributed by atoms with Gasteiger partial charge in [0.15, 0.2) is 5.71 Å². The Morgan fingerprint density at radius 2 is 1.43 bits per heavy atom. The molecule has 19 nitrogen and oxygen atoms in total. The molecular weight excluding hydrogens is 1120 g/mol. The van der Waals surface area contributed by atoms with Gasteiger partial charge in [0.1, 0.15) is 12.4 Å². The maximum absolute atomic E-state index is 12.9. The molecule has 22 heteroatoms. The first-order chi connectivity index (χ1) is 40.0. The monoisotopic (exact) mass is 1200 g/mol. The fourth-order valence-corrected chi connectivity index (χ4v) is 13.6. The molecule has 2 aromatic heterocycles. The van der Waals surface area contributed by atoms with Gasteiger partial charge in [-0.2, -0.15) is 31.7 Å². The van der Waals surface area contributed by atoms with Gasteiger partial charge in [0.25, 0.3) is 20.2 Å². The first-order valence-electron chi connectivity index (χ1n) is 28.8. The predicted molar refractivity (Wildman–Crippen MR) is 327 cm³/mol. The van der Waals surface area contributed by atoms with Crippen molar-refractivity contribution in [1.82, 2.24) is 25.0 Å². The molecule has 4 heterocycles. The number of fused-ring (bicyclic) bond motifs is 2. The Morgan fingerprint density at radius 1 is 0.726 bits per heavy atom. The van der Waals surface area contributed by atoms with E-state index in [1.54, 1.807) is 30.5 Å². The van der Waals surface area contributed by atoms with Crippen LogP contribution in [0.4, 0.5) is 23.1 Å². The second kappa shape index (κ2) is 27.3. The lowest BCUT2D eigenvalue weighted by atomic mass is 9.81. The number of amides is 1. The molecule has 446 valence electrons. The van der Waals surface area contributed by atoms with E-state index in [2.05, 4.69) is 35.1 Å². The number of hydrogen-bond acceptors (Lipinski definition) is 14. The summed E-state index contributed by atoms with van der Waals surface area (Å²) in [5.74, 6) is 1.77. The molecule has 1 saturated carbocycles. The number of nitrogens with zero attached hydrogens (tertiary/aromatic N) is 6. The zero-order valence-electron chi connectivity index (χ0n) is 48.4. The van der Waals surface area contributed by atoms with Gasteiger partial charge in [0.05, 0.1) is 43.1 Å². The van der Waals surface area contributed by atoms with E-state index in [9.17, 15) is 44.4 Å². The van der Waals surface area contributed by atoms with Crippen molar-refractivity contribution in [3.8, 4) is 17.5 Å². The Hall–Kier alpha value is -7.13. The largest absolute Gasteiger partial charge is 0.370 e. The van der Waals surface area contributed by atoms with Crippen LogP contribution in [0, 0.1) is 23.2 Å². The molecule has 0 unspecified atom stereocenters. The van der Waals surface area contributed by atoms with Gasteiger partial charge in [-0.1, -0.05) is 44.2 Å². The first kappa shape index (κ1) is 62.9. The van der Waals surface area contributed by atoms with E-state index in [0.717, 1.165) is 97.4 Å². The number of likely N-dealkylation sites (N-methyl/N-ethyl adjacent to an activating group) is 1. The van der Waals surface area contributed by atoms with Gasteiger partial charge in [0.2, 0.25) is 27.6 Å². The number of pyridine rings is 1. The van der Waals surface area contributed by atoms with Crippen LogP contribution in [0.25, 0.3) is 11.4 Å². The standard InChI is InChI=1S/C62H76N10O9S3/c1-6-71-54-31-29-48(83(76,77)78)38-50(54)61(2,3)56(71)22-10-7-11-23-57-62(4,5)51-39-49(84(79,80)81)30-32-55(51)72(57)36-17-8-12-24-59(73)66-35-15-9-14-34-65-58-40-53(52-21-13-16-33-64-52)69-60(70-58)67-42-44-25-27-45(28-26-44)43-68-82(74,75)47-20-18-19-46(37-47)41-63/h7,10-11,13,16,18-23,29-33,37-40,44-45,68H,6,8-9,12,14-15,17,24-28,34-36,42-43H2,1-5H3,(H4-,65,66,67,69,70,73,76,77,78,79,80,81)/p+1. The van der Waals surface area contributed by atoms with E-state index in [4.69, 9.17) is 9.97 Å². The van der Waals surface area contributed by atoms with Crippen LogP contribution < -0.4 is 25.6 Å². The average Bonchev–Trinajstić information content (AvgIpc) is 1.92. The molecule has 0 bridgehead atoms. The number of benzene rings is 3. The summed E-state index contributed by atoms with van der Waals surface area (Å²) in [6.45, 7) is 13.6.